The van der Waals surface area contributed by atoms with E-state index in [1.165, 1.54) is 18.2 Å². The highest BCUT2D eigenvalue weighted by molar-refractivity contribution is 7.80. The van der Waals surface area contributed by atoms with Crippen LogP contribution in [0.5, 0.6) is 5.75 Å². The van der Waals surface area contributed by atoms with Gasteiger partial charge in [0.1, 0.15) is 5.75 Å². The van der Waals surface area contributed by atoms with Crippen molar-refractivity contribution in [1.29, 1.82) is 0 Å². The number of thiol groups is 1. The summed E-state index contributed by atoms with van der Waals surface area (Å²) in [6.07, 6.45) is 0. The molecule has 1 amide bonds. The maximum absolute atomic E-state index is 11.9. The zero-order chi connectivity index (χ0) is 10.7. The van der Waals surface area contributed by atoms with Crippen LogP contribution < -0.4 is 10.5 Å². The second-order valence-electron chi connectivity index (χ2n) is 2.39. The van der Waals surface area contributed by atoms with E-state index >= 15 is 0 Å². The lowest BCUT2D eigenvalue weighted by Gasteiger charge is -2.09. The van der Waals surface area contributed by atoms with Crippen molar-refractivity contribution in [1.82, 2.24) is 0 Å². The minimum Gasteiger partial charge on any atom is -0.434 e. The molecule has 14 heavy (non-hydrogen) atoms. The fourth-order valence-electron chi connectivity index (χ4n) is 0.961. The predicted molar refractivity (Wildman–Crippen MR) is 48.8 cm³/mol. The Balaban J connectivity index is 3.14. The first-order valence-electron chi connectivity index (χ1n) is 3.59. The van der Waals surface area contributed by atoms with Crippen LogP contribution in [-0.2, 0) is 0 Å². The number of nitrogens with two attached hydrogens (primary N) is 1. The van der Waals surface area contributed by atoms with Gasteiger partial charge in [0.05, 0.1) is 5.56 Å². The molecule has 0 bridgehead atoms. The molecule has 0 heterocycles. The monoisotopic (exact) mass is 219 g/mol. The van der Waals surface area contributed by atoms with Gasteiger partial charge in [-0.3, -0.25) is 4.79 Å². The van der Waals surface area contributed by atoms with Crippen LogP contribution in [0.1, 0.15) is 10.4 Å². The van der Waals surface area contributed by atoms with Gasteiger partial charge in [0.2, 0.25) is 0 Å². The van der Waals surface area contributed by atoms with Crippen LogP contribution in [0.15, 0.2) is 23.1 Å². The quantitative estimate of drug-likeness (QED) is 0.760. The third-order valence-corrected chi connectivity index (χ3v) is 1.84. The van der Waals surface area contributed by atoms with Gasteiger partial charge in [0.15, 0.2) is 0 Å². The Labute approximate surface area is 84.3 Å². The number of benzene rings is 1. The topological polar surface area (TPSA) is 52.3 Å². The van der Waals surface area contributed by atoms with Crippen molar-refractivity contribution in [3.63, 3.8) is 0 Å². The Morgan fingerprint density at radius 2 is 2.14 bits per heavy atom. The molecule has 0 aliphatic heterocycles. The lowest BCUT2D eigenvalue weighted by molar-refractivity contribution is -0.0502. The molecule has 0 unspecified atom stereocenters. The summed E-state index contributed by atoms with van der Waals surface area (Å²) in [6, 6.07) is 4.12. The Bertz CT molecular complexity index is 357. The van der Waals surface area contributed by atoms with Crippen LogP contribution in [0, 0.1) is 0 Å². The molecule has 0 atom stereocenters. The largest absolute Gasteiger partial charge is 0.434 e. The molecule has 3 nitrogen and oxygen atoms in total. The lowest BCUT2D eigenvalue weighted by atomic mass is 10.2. The van der Waals surface area contributed by atoms with Crippen LogP contribution in [0.2, 0.25) is 0 Å². The van der Waals surface area contributed by atoms with Crippen LogP contribution >= 0.6 is 12.6 Å². The third kappa shape index (κ3) is 2.35. The van der Waals surface area contributed by atoms with Crippen LogP contribution in [0.25, 0.3) is 0 Å². The fraction of sp³-hybridized carbons (Fsp3) is 0.125. The summed E-state index contributed by atoms with van der Waals surface area (Å²) in [5.74, 6) is -1.12. The maximum atomic E-state index is 11.9. The van der Waals surface area contributed by atoms with E-state index in [0.29, 0.717) is 0 Å². The number of carbonyl (C=O) groups excluding carboxylic acids is 1. The molecule has 6 heteroatoms. The number of halogens is 2. The highest BCUT2D eigenvalue weighted by atomic mass is 32.1. The summed E-state index contributed by atoms with van der Waals surface area (Å²) < 4.78 is 27.9. The predicted octanol–water partition coefficient (Wildman–Crippen LogP) is 1.68. The molecular weight excluding hydrogens is 212 g/mol. The first kappa shape index (κ1) is 10.8. The van der Waals surface area contributed by atoms with E-state index in [-0.39, 0.29) is 16.2 Å². The number of alkyl halides is 2. The molecule has 2 N–H and O–H groups in total. The highest BCUT2D eigenvalue weighted by Crippen LogP contribution is 2.25. The molecule has 0 saturated heterocycles. The number of carbonyl (C=O) groups is 1. The third-order valence-electron chi connectivity index (χ3n) is 1.47. The van der Waals surface area contributed by atoms with E-state index in [2.05, 4.69) is 17.4 Å². The number of ether oxygens (including phenoxy) is 1. The number of primary amides is 1. The molecule has 0 aliphatic carbocycles. The minimum absolute atomic E-state index is 0.142. The van der Waals surface area contributed by atoms with Crippen LogP contribution in [-0.4, -0.2) is 12.5 Å². The summed E-state index contributed by atoms with van der Waals surface area (Å²) in [7, 11) is 0. The van der Waals surface area contributed by atoms with Gasteiger partial charge in [-0.15, -0.1) is 12.6 Å². The van der Waals surface area contributed by atoms with Gasteiger partial charge in [-0.2, -0.15) is 8.78 Å². The van der Waals surface area contributed by atoms with Crippen molar-refractivity contribution in [2.45, 2.75) is 11.5 Å². The smallest absolute Gasteiger partial charge is 0.387 e. The van der Waals surface area contributed by atoms with Crippen molar-refractivity contribution in [2.24, 2.45) is 5.73 Å². The Hall–Kier alpha value is -1.30. The average Bonchev–Trinajstić information content (AvgIpc) is 2.01. The number of amides is 1. The second-order valence-corrected chi connectivity index (χ2v) is 2.87. The molecule has 0 spiro atoms. The van der Waals surface area contributed by atoms with E-state index in [1.54, 1.807) is 0 Å². The molecule has 1 rings (SSSR count). The highest BCUT2D eigenvalue weighted by Gasteiger charge is 2.15. The fourth-order valence-corrected chi connectivity index (χ4v) is 1.27. The van der Waals surface area contributed by atoms with Gasteiger partial charge in [-0.1, -0.05) is 6.07 Å². The molecule has 0 saturated carbocycles. The summed E-state index contributed by atoms with van der Waals surface area (Å²) in [6.45, 7) is -3.00. The van der Waals surface area contributed by atoms with Crippen molar-refractivity contribution in [3.8, 4) is 5.75 Å². The number of rotatable bonds is 3. The molecule has 76 valence electrons. The average molecular weight is 219 g/mol. The normalized spacial score (nSPS) is 10.3. The standard InChI is InChI=1S/C8H7F2NO2S/c9-8(10)13-4-2-1-3-5(14)6(4)7(11)12/h1-3,8,14H,(H2,11,12). The SMILES string of the molecule is NC(=O)c1c(S)cccc1OC(F)F. The van der Waals surface area contributed by atoms with Gasteiger partial charge >= 0.3 is 6.61 Å². The molecule has 1 aromatic carbocycles. The van der Waals surface area contributed by atoms with Crippen molar-refractivity contribution >= 4 is 18.5 Å². The maximum Gasteiger partial charge on any atom is 0.387 e. The molecule has 1 aromatic rings. The van der Waals surface area contributed by atoms with E-state index < -0.39 is 12.5 Å². The van der Waals surface area contributed by atoms with E-state index in [0.717, 1.165) is 0 Å². The van der Waals surface area contributed by atoms with Gasteiger partial charge in [-0.05, 0) is 12.1 Å². The summed E-state index contributed by atoms with van der Waals surface area (Å²) in [4.78, 5) is 11.1. The minimum atomic E-state index is -3.00. The number of hydrogen-bond donors (Lipinski definition) is 2. The molecule has 0 fully saturated rings. The van der Waals surface area contributed by atoms with Gasteiger partial charge in [-0.25, -0.2) is 0 Å². The number of hydrogen-bond acceptors (Lipinski definition) is 3. The first-order valence-corrected chi connectivity index (χ1v) is 4.03. The van der Waals surface area contributed by atoms with E-state index in [4.69, 9.17) is 5.73 Å². The lowest BCUT2D eigenvalue weighted by Crippen LogP contribution is -2.15. The first-order chi connectivity index (χ1) is 6.52. The summed E-state index contributed by atoms with van der Waals surface area (Å²) in [5.41, 5.74) is 4.84. The second kappa shape index (κ2) is 4.28. The van der Waals surface area contributed by atoms with Crippen LogP contribution in [0.3, 0.4) is 0 Å². The van der Waals surface area contributed by atoms with E-state index in [9.17, 15) is 13.6 Å². The summed E-state index contributed by atoms with van der Waals surface area (Å²) >= 11 is 3.90. The Kier molecular flexibility index (Phi) is 3.29. The molecule has 0 aromatic heterocycles. The summed E-state index contributed by atoms with van der Waals surface area (Å²) in [5, 5.41) is 0. The van der Waals surface area contributed by atoms with Crippen molar-refractivity contribution in [3.05, 3.63) is 23.8 Å². The van der Waals surface area contributed by atoms with Crippen LogP contribution in [0.4, 0.5) is 8.78 Å². The Morgan fingerprint density at radius 3 is 2.64 bits per heavy atom. The van der Waals surface area contributed by atoms with Crippen molar-refractivity contribution in [2.75, 3.05) is 0 Å². The van der Waals surface area contributed by atoms with Gasteiger partial charge in [0.25, 0.3) is 5.91 Å². The van der Waals surface area contributed by atoms with Gasteiger partial charge < -0.3 is 10.5 Å². The molecular formula is C8H7F2NO2S. The molecule has 0 radical (unpaired) electrons. The Morgan fingerprint density at radius 1 is 1.50 bits per heavy atom. The zero-order valence-corrected chi connectivity index (χ0v) is 7.80. The molecule has 0 aliphatic rings. The zero-order valence-electron chi connectivity index (χ0n) is 6.91. The van der Waals surface area contributed by atoms with Crippen molar-refractivity contribution < 1.29 is 18.3 Å². The van der Waals surface area contributed by atoms with Gasteiger partial charge in [0, 0.05) is 4.90 Å². The van der Waals surface area contributed by atoms with E-state index in [1.807, 2.05) is 0 Å².